The van der Waals surface area contributed by atoms with Crippen LogP contribution in [0, 0.1) is 0 Å². The van der Waals surface area contributed by atoms with E-state index in [1.54, 1.807) is 0 Å². The Morgan fingerprint density at radius 2 is 0.750 bits per heavy atom. The molecular formula is C16H36N4P2Te2. The Morgan fingerprint density at radius 3 is 0.875 bits per heavy atom. The van der Waals surface area contributed by atoms with Crippen molar-refractivity contribution in [2.75, 3.05) is 0 Å². The first-order valence-electron chi connectivity index (χ1n) is 8.46. The Balaban J connectivity index is 3.86. The Hall–Kier alpha value is 1.96. The van der Waals surface area contributed by atoms with Crippen LogP contribution in [0.3, 0.4) is 0 Å². The van der Waals surface area contributed by atoms with Crippen LogP contribution in [-0.4, -0.2) is 74.5 Å². The van der Waals surface area contributed by atoms with Gasteiger partial charge < -0.3 is 0 Å². The average molecular weight is 602 g/mol. The Morgan fingerprint density at radius 1 is 0.542 bits per heavy atom. The van der Waals surface area contributed by atoms with E-state index in [9.17, 15) is 0 Å². The van der Waals surface area contributed by atoms with Crippen molar-refractivity contribution in [3.8, 4) is 0 Å². The van der Waals surface area contributed by atoms with Gasteiger partial charge in [0.25, 0.3) is 0 Å². The van der Waals surface area contributed by atoms with Gasteiger partial charge in [0.05, 0.1) is 0 Å². The maximum absolute atomic E-state index is 5.40. The molecule has 0 amide bonds. The minimum atomic E-state index is -1.78. The number of hydrogen-bond acceptors (Lipinski definition) is 2. The fourth-order valence-corrected chi connectivity index (χ4v) is 42.7. The second-order valence-electron chi connectivity index (χ2n) is 10.5. The molecule has 0 saturated carbocycles. The molecule has 0 aromatic rings. The van der Waals surface area contributed by atoms with Crippen molar-refractivity contribution in [2.45, 2.75) is 105 Å². The van der Waals surface area contributed by atoms with Gasteiger partial charge in [0.15, 0.2) is 0 Å². The zero-order chi connectivity index (χ0) is 19.6. The molecule has 1 saturated heterocycles. The zero-order valence-corrected chi connectivity index (χ0v) is 23.9. The summed E-state index contributed by atoms with van der Waals surface area (Å²) in [7, 11) is 0. The van der Waals surface area contributed by atoms with Crippen LogP contribution < -0.4 is 0 Å². The van der Waals surface area contributed by atoms with Crippen LogP contribution in [0.25, 0.3) is 0 Å². The minimum absolute atomic E-state index is 0.0495. The summed E-state index contributed by atoms with van der Waals surface area (Å²) in [6.45, 7) is 27.3. The van der Waals surface area contributed by atoms with E-state index in [4.69, 9.17) is 9.49 Å². The van der Waals surface area contributed by atoms with E-state index >= 15 is 0 Å². The number of nitrogens with zero attached hydrogens (tertiary/aromatic N) is 4. The maximum atomic E-state index is 5.40. The van der Waals surface area contributed by atoms with Gasteiger partial charge in [-0.15, -0.1) is 0 Å². The third-order valence-electron chi connectivity index (χ3n) is 3.05. The predicted molar refractivity (Wildman–Crippen MR) is 113 cm³/mol. The summed E-state index contributed by atoms with van der Waals surface area (Å²) in [5.74, 6) is 0. The molecule has 0 spiro atoms. The fraction of sp³-hybridized carbons (Fsp3) is 1.00. The molecule has 4 nitrogen and oxygen atoms in total. The molecule has 2 radical (unpaired) electrons. The van der Waals surface area contributed by atoms with Crippen molar-refractivity contribution < 1.29 is 0 Å². The van der Waals surface area contributed by atoms with Gasteiger partial charge >= 0.3 is 177 Å². The second kappa shape index (κ2) is 6.78. The van der Waals surface area contributed by atoms with Crippen LogP contribution in [0.15, 0.2) is 9.49 Å². The van der Waals surface area contributed by atoms with Crippen molar-refractivity contribution >= 4 is 53.6 Å². The quantitative estimate of drug-likeness (QED) is 0.251. The van der Waals surface area contributed by atoms with Crippen molar-refractivity contribution in [2.24, 2.45) is 9.49 Å². The van der Waals surface area contributed by atoms with Gasteiger partial charge in [-0.1, -0.05) is 0 Å². The summed E-state index contributed by atoms with van der Waals surface area (Å²) in [6, 6.07) is 0. The van der Waals surface area contributed by atoms with Crippen LogP contribution in [0.4, 0.5) is 0 Å². The molecule has 1 rings (SSSR count). The van der Waals surface area contributed by atoms with Crippen LogP contribution in [0.1, 0.15) is 83.1 Å². The van der Waals surface area contributed by atoms with Crippen LogP contribution in [-0.2, 0) is 0 Å². The van der Waals surface area contributed by atoms with Gasteiger partial charge in [-0.05, 0) is 0 Å². The topological polar surface area (TPSA) is 31.2 Å². The molecule has 0 aromatic carbocycles. The van der Waals surface area contributed by atoms with Gasteiger partial charge in [-0.2, -0.15) is 0 Å². The van der Waals surface area contributed by atoms with E-state index in [0.717, 1.165) is 0 Å². The first-order valence-corrected chi connectivity index (χ1v) is 17.8. The summed E-state index contributed by atoms with van der Waals surface area (Å²) in [6.07, 6.45) is 0. The molecule has 0 aromatic heterocycles. The molecule has 0 unspecified atom stereocenters. The molecule has 0 atom stereocenters. The third kappa shape index (κ3) is 5.06. The van der Waals surface area contributed by atoms with Gasteiger partial charge in [0.2, 0.25) is 0 Å². The second-order valence-corrected chi connectivity index (χ2v) is 23.6. The van der Waals surface area contributed by atoms with Crippen LogP contribution in [0.2, 0.25) is 0 Å². The summed E-state index contributed by atoms with van der Waals surface area (Å²) >= 11 is 4.58. The third-order valence-corrected chi connectivity index (χ3v) is 23.6. The molecule has 0 N–H and O–H groups in total. The molecule has 1 aliphatic rings. The molecule has 8 heteroatoms. The Bertz CT molecular complexity index is 532. The van der Waals surface area contributed by atoms with Crippen molar-refractivity contribution in [1.29, 1.82) is 0 Å². The molecule has 0 aliphatic carbocycles. The number of hydrogen-bond donors (Lipinski definition) is 0. The van der Waals surface area contributed by atoms with Gasteiger partial charge in [0, 0.05) is 0 Å². The first-order chi connectivity index (χ1) is 10.1. The summed E-state index contributed by atoms with van der Waals surface area (Å²) in [5.41, 5.74) is 0.0149. The molecule has 1 aliphatic heterocycles. The Labute approximate surface area is 176 Å². The van der Waals surface area contributed by atoms with E-state index in [2.05, 4.69) is 135 Å². The molecule has 142 valence electrons. The zero-order valence-electron chi connectivity index (χ0n) is 17.5. The fourth-order valence-electron chi connectivity index (χ4n) is 2.95. The van der Waals surface area contributed by atoms with Crippen molar-refractivity contribution in [3.05, 3.63) is 0 Å². The van der Waals surface area contributed by atoms with Crippen molar-refractivity contribution in [1.82, 2.24) is 8.88 Å². The molecule has 1 fully saturated rings. The van der Waals surface area contributed by atoms with Gasteiger partial charge in [-0.25, -0.2) is 0 Å². The molecular weight excluding hydrogens is 565 g/mol. The van der Waals surface area contributed by atoms with Gasteiger partial charge in [-0.3, -0.25) is 0 Å². The molecule has 0 bridgehead atoms. The van der Waals surface area contributed by atoms with Gasteiger partial charge in [0.1, 0.15) is 0 Å². The predicted octanol–water partition coefficient (Wildman–Crippen LogP) is 6.03. The van der Waals surface area contributed by atoms with Crippen LogP contribution in [0.5, 0.6) is 0 Å². The van der Waals surface area contributed by atoms with E-state index in [-0.39, 0.29) is 22.2 Å². The summed E-state index contributed by atoms with van der Waals surface area (Å²) in [5, 5.41) is -3.55. The SMILES string of the molecule is CC(C)(C)N=P1([Te])N(C(C)(C)C)P([Te])(=NC(C)(C)C)N1C(C)(C)C. The standard InChI is InChI=1S/C16H36N4P2Te2/c1-13(2,3)17-21(23)19(15(7,8)9)22(24,18-14(4,5)6)20(21)16(10,11)12/h1-12H3. The first kappa shape index (κ1) is 24.0. The molecule has 24 heavy (non-hydrogen) atoms. The van der Waals surface area contributed by atoms with E-state index in [1.165, 1.54) is 0 Å². The van der Waals surface area contributed by atoms with E-state index < -0.39 is 10.1 Å². The summed E-state index contributed by atoms with van der Waals surface area (Å²) in [4.78, 5) is 0. The summed E-state index contributed by atoms with van der Waals surface area (Å²) < 4.78 is 16.2. The number of rotatable bonds is 0. The average Bonchev–Trinajstić information content (AvgIpc) is 2.00. The monoisotopic (exact) mass is 606 g/mol. The van der Waals surface area contributed by atoms with Crippen LogP contribution >= 0.6 is 10.1 Å². The molecule has 1 heterocycles. The van der Waals surface area contributed by atoms with E-state index in [1.807, 2.05) is 0 Å². The normalized spacial score (nSPS) is 30.9. The van der Waals surface area contributed by atoms with Crippen molar-refractivity contribution in [3.63, 3.8) is 0 Å². The Kier molecular flexibility index (Phi) is 6.78. The van der Waals surface area contributed by atoms with E-state index in [0.29, 0.717) is 0 Å².